The van der Waals surface area contributed by atoms with Gasteiger partial charge in [0, 0.05) is 0 Å². The molecule has 1 fully saturated rings. The van der Waals surface area contributed by atoms with E-state index in [4.69, 9.17) is 9.47 Å². The third kappa shape index (κ3) is 2.29. The fourth-order valence-corrected chi connectivity index (χ4v) is 2.15. The minimum atomic E-state index is -0.866. The zero-order valence-electron chi connectivity index (χ0n) is 11.8. The van der Waals surface area contributed by atoms with Crippen LogP contribution < -0.4 is 10.6 Å². The van der Waals surface area contributed by atoms with Crippen LogP contribution in [0.25, 0.3) is 0 Å². The third-order valence-electron chi connectivity index (χ3n) is 3.81. The standard InChI is InChI=1S/C12H22N2O4/c1-10(2)12(5,14-8(15)7-13-6)11(3,4)18-9(16)17-10/h13H,7H2,1-6H3,(H,14,15). The van der Waals surface area contributed by atoms with E-state index < -0.39 is 22.9 Å². The average Bonchev–Trinajstić information content (AvgIpc) is 2.13. The van der Waals surface area contributed by atoms with Crippen LogP contribution in [0.2, 0.25) is 0 Å². The van der Waals surface area contributed by atoms with Gasteiger partial charge in [-0.15, -0.1) is 0 Å². The van der Waals surface area contributed by atoms with E-state index in [1.54, 1.807) is 34.7 Å². The van der Waals surface area contributed by atoms with Crippen molar-refractivity contribution >= 4 is 12.1 Å². The van der Waals surface area contributed by atoms with Gasteiger partial charge >= 0.3 is 6.16 Å². The van der Waals surface area contributed by atoms with E-state index in [1.165, 1.54) is 0 Å². The molecule has 0 atom stereocenters. The largest absolute Gasteiger partial charge is 0.509 e. The Morgan fingerprint density at radius 2 is 1.56 bits per heavy atom. The van der Waals surface area contributed by atoms with Crippen molar-refractivity contribution in [1.82, 2.24) is 10.6 Å². The lowest BCUT2D eigenvalue weighted by Crippen LogP contribution is -2.75. The first kappa shape index (κ1) is 14.8. The number of amides is 1. The zero-order chi connectivity index (χ0) is 14.2. The fraction of sp³-hybridized carbons (Fsp3) is 0.833. The molecule has 0 aromatic heterocycles. The Hall–Kier alpha value is -1.30. The Morgan fingerprint density at radius 3 is 1.94 bits per heavy atom. The van der Waals surface area contributed by atoms with Gasteiger partial charge in [-0.25, -0.2) is 4.79 Å². The molecule has 0 spiro atoms. The van der Waals surface area contributed by atoms with Crippen molar-refractivity contribution < 1.29 is 19.1 Å². The van der Waals surface area contributed by atoms with E-state index >= 15 is 0 Å². The van der Waals surface area contributed by atoms with Crippen molar-refractivity contribution in [2.24, 2.45) is 0 Å². The quantitative estimate of drug-likeness (QED) is 0.732. The highest BCUT2D eigenvalue weighted by molar-refractivity contribution is 5.79. The highest BCUT2D eigenvalue weighted by Crippen LogP contribution is 2.41. The Kier molecular flexibility index (Phi) is 3.63. The summed E-state index contributed by atoms with van der Waals surface area (Å²) in [6.07, 6.45) is -0.717. The van der Waals surface area contributed by atoms with Gasteiger partial charge in [-0.3, -0.25) is 4.79 Å². The van der Waals surface area contributed by atoms with Crippen LogP contribution >= 0.6 is 0 Å². The van der Waals surface area contributed by atoms with E-state index in [-0.39, 0.29) is 12.5 Å². The Morgan fingerprint density at radius 1 is 1.11 bits per heavy atom. The fourth-order valence-electron chi connectivity index (χ4n) is 2.15. The number of hydrogen-bond donors (Lipinski definition) is 2. The monoisotopic (exact) mass is 258 g/mol. The van der Waals surface area contributed by atoms with Crippen LogP contribution in [-0.2, 0) is 14.3 Å². The summed E-state index contributed by atoms with van der Waals surface area (Å²) in [7, 11) is 1.69. The molecule has 1 heterocycles. The molecule has 0 radical (unpaired) electrons. The number of cyclic esters (lactones) is 2. The average molecular weight is 258 g/mol. The molecule has 1 rings (SSSR count). The summed E-state index contributed by atoms with van der Waals surface area (Å²) < 4.78 is 10.4. The molecule has 1 amide bonds. The van der Waals surface area contributed by atoms with Gasteiger partial charge in [0.05, 0.1) is 6.54 Å². The minimum Gasteiger partial charge on any atom is -0.426 e. The van der Waals surface area contributed by atoms with Gasteiger partial charge in [0.15, 0.2) is 0 Å². The smallest absolute Gasteiger partial charge is 0.426 e. The van der Waals surface area contributed by atoms with Crippen molar-refractivity contribution in [1.29, 1.82) is 0 Å². The molecule has 0 saturated carbocycles. The van der Waals surface area contributed by atoms with Gasteiger partial charge in [-0.2, -0.15) is 0 Å². The number of hydrogen-bond acceptors (Lipinski definition) is 5. The number of carbonyl (C=O) groups excluding carboxylic acids is 2. The van der Waals surface area contributed by atoms with E-state index in [0.717, 1.165) is 0 Å². The summed E-state index contributed by atoms with van der Waals surface area (Å²) in [6, 6.07) is 0. The van der Waals surface area contributed by atoms with Crippen molar-refractivity contribution in [2.45, 2.75) is 51.4 Å². The van der Waals surface area contributed by atoms with Crippen LogP contribution in [0.4, 0.5) is 4.79 Å². The summed E-state index contributed by atoms with van der Waals surface area (Å²) in [5.41, 5.74) is -2.56. The molecule has 0 aromatic carbocycles. The summed E-state index contributed by atoms with van der Waals surface area (Å²) in [5, 5.41) is 5.67. The van der Waals surface area contributed by atoms with Gasteiger partial charge in [-0.1, -0.05) is 0 Å². The molecule has 6 heteroatoms. The van der Waals surface area contributed by atoms with Gasteiger partial charge in [-0.05, 0) is 41.7 Å². The van der Waals surface area contributed by atoms with Gasteiger partial charge < -0.3 is 20.1 Å². The lowest BCUT2D eigenvalue weighted by Gasteiger charge is -2.55. The summed E-state index contributed by atoms with van der Waals surface area (Å²) in [5.74, 6) is -0.178. The Balaban J connectivity index is 3.06. The molecule has 6 nitrogen and oxygen atoms in total. The van der Waals surface area contributed by atoms with Gasteiger partial charge in [0.25, 0.3) is 0 Å². The molecule has 1 aliphatic rings. The molecule has 0 unspecified atom stereocenters. The van der Waals surface area contributed by atoms with Crippen molar-refractivity contribution in [2.75, 3.05) is 13.6 Å². The normalized spacial score (nSPS) is 23.8. The second-order valence-electron chi connectivity index (χ2n) is 5.68. The third-order valence-corrected chi connectivity index (χ3v) is 3.81. The van der Waals surface area contributed by atoms with E-state index in [9.17, 15) is 9.59 Å². The molecule has 2 N–H and O–H groups in total. The van der Waals surface area contributed by atoms with E-state index in [2.05, 4.69) is 10.6 Å². The molecular weight excluding hydrogens is 236 g/mol. The highest BCUT2D eigenvalue weighted by atomic mass is 16.8. The summed E-state index contributed by atoms with van der Waals surface area (Å²) in [6.45, 7) is 9.04. The highest BCUT2D eigenvalue weighted by Gasteiger charge is 2.61. The summed E-state index contributed by atoms with van der Waals surface area (Å²) >= 11 is 0. The number of nitrogens with one attached hydrogen (secondary N) is 2. The zero-order valence-corrected chi connectivity index (χ0v) is 11.8. The second-order valence-corrected chi connectivity index (χ2v) is 5.68. The van der Waals surface area contributed by atoms with E-state index in [1.807, 2.05) is 6.92 Å². The maximum Gasteiger partial charge on any atom is 0.509 e. The van der Waals surface area contributed by atoms with Gasteiger partial charge in [0.2, 0.25) is 5.91 Å². The molecule has 0 aromatic rings. The van der Waals surface area contributed by atoms with Crippen molar-refractivity contribution in [3.63, 3.8) is 0 Å². The number of rotatable bonds is 3. The van der Waals surface area contributed by atoms with Gasteiger partial charge in [0.1, 0.15) is 16.7 Å². The van der Waals surface area contributed by atoms with E-state index in [0.29, 0.717) is 0 Å². The maximum atomic E-state index is 11.8. The van der Waals surface area contributed by atoms with Crippen LogP contribution in [0.3, 0.4) is 0 Å². The Labute approximate surface area is 107 Å². The molecule has 104 valence electrons. The van der Waals surface area contributed by atoms with Crippen molar-refractivity contribution in [3.8, 4) is 0 Å². The second kappa shape index (κ2) is 4.42. The first-order valence-electron chi connectivity index (χ1n) is 5.93. The number of likely N-dealkylation sites (N-methyl/N-ethyl adjacent to an activating group) is 1. The minimum absolute atomic E-state index is 0.178. The molecule has 18 heavy (non-hydrogen) atoms. The lowest BCUT2D eigenvalue weighted by molar-refractivity contribution is -0.198. The summed E-state index contributed by atoms with van der Waals surface area (Å²) in [4.78, 5) is 23.2. The molecule has 1 saturated heterocycles. The number of ether oxygens (including phenoxy) is 2. The van der Waals surface area contributed by atoms with Crippen LogP contribution in [0.15, 0.2) is 0 Å². The molecule has 0 aliphatic carbocycles. The predicted molar refractivity (Wildman–Crippen MR) is 66.2 cm³/mol. The first-order chi connectivity index (χ1) is 8.06. The molecule has 1 aliphatic heterocycles. The maximum absolute atomic E-state index is 11.8. The Bertz CT molecular complexity index is 343. The molecule has 0 bridgehead atoms. The van der Waals surface area contributed by atoms with Crippen LogP contribution in [0.1, 0.15) is 34.6 Å². The predicted octanol–water partition coefficient (Wildman–Crippen LogP) is 0.805. The number of carbonyl (C=O) groups is 2. The first-order valence-corrected chi connectivity index (χ1v) is 5.93. The SMILES string of the molecule is CNCC(=O)NC1(C)C(C)(C)OC(=O)OC1(C)C. The topological polar surface area (TPSA) is 76.7 Å². The lowest BCUT2D eigenvalue weighted by atomic mass is 9.71. The van der Waals surface area contributed by atoms with Crippen LogP contribution in [0.5, 0.6) is 0 Å². The van der Waals surface area contributed by atoms with Crippen LogP contribution in [-0.4, -0.2) is 42.4 Å². The molecular formula is C12H22N2O4. The van der Waals surface area contributed by atoms with Crippen molar-refractivity contribution in [3.05, 3.63) is 0 Å². The van der Waals surface area contributed by atoms with Crippen LogP contribution in [0, 0.1) is 0 Å².